The van der Waals surface area contributed by atoms with Crippen LogP contribution < -0.4 is 0 Å². The topological polar surface area (TPSA) is 61.8 Å². The fourth-order valence-electron chi connectivity index (χ4n) is 0.718. The average Bonchev–Trinajstić information content (AvgIpc) is 2.18. The van der Waals surface area contributed by atoms with Gasteiger partial charge in [0.05, 0.1) is 5.56 Å². The number of carbonyl (C=O) groups excluding carboxylic acids is 2. The third-order valence-corrected chi connectivity index (χ3v) is 1.27. The monoisotopic (exact) mass is 196 g/mol. The van der Waals surface area contributed by atoms with E-state index in [1.54, 1.807) is 30.3 Å². The summed E-state index contributed by atoms with van der Waals surface area (Å²) >= 11 is 0. The first kappa shape index (κ1) is 10.2. The van der Waals surface area contributed by atoms with Crippen molar-refractivity contribution in [3.05, 3.63) is 35.9 Å². The Balaban J connectivity index is 2.40. The van der Waals surface area contributed by atoms with Crippen LogP contribution in [0.3, 0.4) is 0 Å². The highest BCUT2D eigenvalue weighted by Crippen LogP contribution is 2.01. The van der Waals surface area contributed by atoms with Gasteiger partial charge in [0.25, 0.3) is 0 Å². The van der Waals surface area contributed by atoms with E-state index < -0.39 is 11.9 Å². The maximum Gasteiger partial charge on any atom is 0.377 e. The van der Waals surface area contributed by atoms with Crippen LogP contribution in [0.25, 0.3) is 0 Å². The van der Waals surface area contributed by atoms with Gasteiger partial charge in [-0.25, -0.2) is 9.59 Å². The standard InChI is InChI=1S/C9H8O5/c1-7(10)12-14-13-9(11)8-5-3-2-4-6-8/h2-6H,1H3. The molecule has 1 rings (SSSR count). The van der Waals surface area contributed by atoms with Crippen LogP contribution in [0.15, 0.2) is 30.3 Å². The van der Waals surface area contributed by atoms with Crippen LogP contribution >= 0.6 is 0 Å². The third-order valence-electron chi connectivity index (χ3n) is 1.27. The maximum atomic E-state index is 11.1. The molecule has 1 aromatic rings. The van der Waals surface area contributed by atoms with Gasteiger partial charge < -0.3 is 0 Å². The minimum Gasteiger partial charge on any atom is -0.260 e. The van der Waals surface area contributed by atoms with Crippen LogP contribution in [0.1, 0.15) is 17.3 Å². The van der Waals surface area contributed by atoms with E-state index in [0.29, 0.717) is 5.56 Å². The zero-order valence-corrected chi connectivity index (χ0v) is 7.43. The first-order valence-electron chi connectivity index (χ1n) is 3.81. The number of rotatable bonds is 3. The van der Waals surface area contributed by atoms with Crippen molar-refractivity contribution in [2.45, 2.75) is 6.92 Å². The van der Waals surface area contributed by atoms with Crippen molar-refractivity contribution < 1.29 is 24.4 Å². The molecular formula is C9H8O5. The van der Waals surface area contributed by atoms with E-state index in [2.05, 4.69) is 14.8 Å². The quantitative estimate of drug-likeness (QED) is 0.537. The second kappa shape index (κ2) is 4.98. The van der Waals surface area contributed by atoms with Crippen LogP contribution in [0.5, 0.6) is 0 Å². The molecular weight excluding hydrogens is 188 g/mol. The molecule has 0 saturated carbocycles. The van der Waals surface area contributed by atoms with Gasteiger partial charge in [-0.05, 0) is 12.1 Å². The Morgan fingerprint density at radius 3 is 2.29 bits per heavy atom. The molecule has 5 heteroatoms. The van der Waals surface area contributed by atoms with Crippen LogP contribution in [-0.4, -0.2) is 11.9 Å². The van der Waals surface area contributed by atoms with Crippen molar-refractivity contribution in [3.63, 3.8) is 0 Å². The van der Waals surface area contributed by atoms with Gasteiger partial charge >= 0.3 is 11.9 Å². The Labute approximate surface area is 80.0 Å². The Bertz CT molecular complexity index is 319. The Morgan fingerprint density at radius 2 is 1.71 bits per heavy atom. The summed E-state index contributed by atoms with van der Waals surface area (Å²) in [7, 11) is 0. The highest BCUT2D eigenvalue weighted by atomic mass is 17.5. The molecule has 0 aliphatic rings. The van der Waals surface area contributed by atoms with Gasteiger partial charge in [0.15, 0.2) is 0 Å². The van der Waals surface area contributed by atoms with E-state index in [-0.39, 0.29) is 0 Å². The van der Waals surface area contributed by atoms with Crippen LogP contribution in [0.2, 0.25) is 0 Å². The van der Waals surface area contributed by atoms with Crippen LogP contribution in [0, 0.1) is 0 Å². The lowest BCUT2D eigenvalue weighted by Crippen LogP contribution is -2.08. The van der Waals surface area contributed by atoms with Crippen LogP contribution in [-0.2, 0) is 19.6 Å². The van der Waals surface area contributed by atoms with Gasteiger partial charge in [0.1, 0.15) is 0 Å². The van der Waals surface area contributed by atoms with E-state index in [1.165, 1.54) is 0 Å². The van der Waals surface area contributed by atoms with Crippen molar-refractivity contribution in [2.75, 3.05) is 0 Å². The lowest BCUT2D eigenvalue weighted by atomic mass is 10.2. The predicted molar refractivity (Wildman–Crippen MR) is 44.7 cm³/mol. The van der Waals surface area contributed by atoms with E-state index in [4.69, 9.17) is 0 Å². The summed E-state index contributed by atoms with van der Waals surface area (Å²) in [6.45, 7) is 1.12. The molecule has 5 nitrogen and oxygen atoms in total. The molecule has 0 heterocycles. The van der Waals surface area contributed by atoms with Crippen LogP contribution in [0.4, 0.5) is 0 Å². The molecule has 0 saturated heterocycles. The lowest BCUT2D eigenvalue weighted by Gasteiger charge is -1.99. The number of carbonyl (C=O) groups is 2. The Kier molecular flexibility index (Phi) is 3.63. The smallest absolute Gasteiger partial charge is 0.260 e. The summed E-state index contributed by atoms with van der Waals surface area (Å²) in [5, 5.41) is 3.91. The molecule has 0 atom stereocenters. The average molecular weight is 196 g/mol. The highest BCUT2D eigenvalue weighted by molar-refractivity contribution is 5.88. The van der Waals surface area contributed by atoms with Crippen molar-refractivity contribution in [2.24, 2.45) is 0 Å². The van der Waals surface area contributed by atoms with E-state index in [0.717, 1.165) is 6.92 Å². The van der Waals surface area contributed by atoms with Gasteiger partial charge in [-0.15, -0.1) is 0 Å². The fourth-order valence-corrected chi connectivity index (χ4v) is 0.718. The Morgan fingerprint density at radius 1 is 1.07 bits per heavy atom. The molecule has 0 aliphatic carbocycles. The first-order chi connectivity index (χ1) is 6.70. The SMILES string of the molecule is CC(=O)OOOC(=O)c1ccccc1. The number of hydrogen-bond donors (Lipinski definition) is 0. The van der Waals surface area contributed by atoms with E-state index >= 15 is 0 Å². The maximum absolute atomic E-state index is 11.1. The summed E-state index contributed by atoms with van der Waals surface area (Å²) in [6, 6.07) is 8.17. The summed E-state index contributed by atoms with van der Waals surface area (Å²) < 4.78 is 0. The van der Waals surface area contributed by atoms with Gasteiger partial charge in [0.2, 0.25) is 0 Å². The van der Waals surface area contributed by atoms with Crippen molar-refractivity contribution in [3.8, 4) is 0 Å². The molecule has 0 spiro atoms. The largest absolute Gasteiger partial charge is 0.377 e. The summed E-state index contributed by atoms with van der Waals surface area (Å²) in [6.07, 6.45) is 0. The summed E-state index contributed by atoms with van der Waals surface area (Å²) in [5.74, 6) is -1.43. The predicted octanol–water partition coefficient (Wildman–Crippen LogP) is 1.25. The first-order valence-corrected chi connectivity index (χ1v) is 3.81. The van der Waals surface area contributed by atoms with Gasteiger partial charge in [-0.3, -0.25) is 9.78 Å². The van der Waals surface area contributed by atoms with Crippen molar-refractivity contribution >= 4 is 11.9 Å². The van der Waals surface area contributed by atoms with Gasteiger partial charge in [-0.2, -0.15) is 0 Å². The lowest BCUT2D eigenvalue weighted by molar-refractivity contribution is -0.452. The minimum absolute atomic E-state index is 0.305. The zero-order chi connectivity index (χ0) is 10.4. The molecule has 0 fully saturated rings. The molecule has 0 unspecified atom stereocenters. The minimum atomic E-state index is -0.730. The van der Waals surface area contributed by atoms with E-state index in [9.17, 15) is 9.59 Å². The zero-order valence-electron chi connectivity index (χ0n) is 7.43. The molecule has 0 radical (unpaired) electrons. The summed E-state index contributed by atoms with van der Waals surface area (Å²) in [5.41, 5.74) is 0.305. The van der Waals surface area contributed by atoms with Gasteiger partial charge in [0, 0.05) is 12.0 Å². The molecule has 0 amide bonds. The highest BCUT2D eigenvalue weighted by Gasteiger charge is 2.08. The number of benzene rings is 1. The third kappa shape index (κ3) is 3.24. The normalized spacial score (nSPS) is 9.21. The molecule has 74 valence electrons. The van der Waals surface area contributed by atoms with Crippen molar-refractivity contribution in [1.82, 2.24) is 0 Å². The van der Waals surface area contributed by atoms with Gasteiger partial charge in [-0.1, -0.05) is 18.2 Å². The molecule has 0 bridgehead atoms. The van der Waals surface area contributed by atoms with Crippen molar-refractivity contribution in [1.29, 1.82) is 0 Å². The molecule has 14 heavy (non-hydrogen) atoms. The number of hydrogen-bond acceptors (Lipinski definition) is 5. The second-order valence-corrected chi connectivity index (χ2v) is 2.38. The fraction of sp³-hybridized carbons (Fsp3) is 0.111. The molecule has 0 aliphatic heterocycles. The Hall–Kier alpha value is -1.88. The molecule has 0 aromatic heterocycles. The second-order valence-electron chi connectivity index (χ2n) is 2.38. The van der Waals surface area contributed by atoms with E-state index in [1.807, 2.05) is 0 Å². The molecule has 1 aromatic carbocycles. The molecule has 0 N–H and O–H groups in total. The summed E-state index contributed by atoms with van der Waals surface area (Å²) in [4.78, 5) is 29.4.